The Morgan fingerprint density at radius 2 is 1.42 bits per heavy atom. The van der Waals surface area contributed by atoms with Crippen LogP contribution in [0.2, 0.25) is 0 Å². The van der Waals surface area contributed by atoms with Crippen LogP contribution in [0.15, 0.2) is 54.6 Å². The minimum Gasteiger partial charge on any atom is -0.322 e. The molecular formula is C21H20N2O3. The van der Waals surface area contributed by atoms with E-state index in [-0.39, 0.29) is 29.6 Å². The van der Waals surface area contributed by atoms with Crippen LogP contribution in [-0.4, -0.2) is 17.7 Å². The third-order valence-corrected chi connectivity index (χ3v) is 5.26. The highest BCUT2D eigenvalue weighted by Crippen LogP contribution is 2.40. The van der Waals surface area contributed by atoms with Gasteiger partial charge in [0.25, 0.3) is 5.91 Å². The van der Waals surface area contributed by atoms with Crippen LogP contribution in [-0.2, 0) is 9.59 Å². The quantitative estimate of drug-likeness (QED) is 0.862. The highest BCUT2D eigenvalue weighted by molar-refractivity contribution is 6.22. The van der Waals surface area contributed by atoms with Gasteiger partial charge in [0, 0.05) is 11.3 Å². The molecule has 1 N–H and O–H groups in total. The van der Waals surface area contributed by atoms with Gasteiger partial charge < -0.3 is 5.32 Å². The van der Waals surface area contributed by atoms with Gasteiger partial charge in [0.1, 0.15) is 0 Å². The van der Waals surface area contributed by atoms with Gasteiger partial charge in [-0.05, 0) is 49.2 Å². The lowest BCUT2D eigenvalue weighted by atomic mass is 9.81. The molecule has 132 valence electrons. The summed E-state index contributed by atoms with van der Waals surface area (Å²) in [5, 5.41) is 2.82. The summed E-state index contributed by atoms with van der Waals surface area (Å²) in [5.74, 6) is -0.757. The largest absolute Gasteiger partial charge is 0.322 e. The Bertz CT molecular complexity index is 821. The molecule has 0 spiro atoms. The van der Waals surface area contributed by atoms with Crippen LogP contribution in [0.25, 0.3) is 0 Å². The van der Waals surface area contributed by atoms with Crippen LogP contribution >= 0.6 is 0 Å². The summed E-state index contributed by atoms with van der Waals surface area (Å²) in [5.41, 5.74) is 1.75. The standard InChI is InChI=1S/C21H20N2O3/c24-19(22-15-6-2-1-3-7-15)14-10-12-16(13-11-14)23-20(25)17-8-4-5-9-18(17)21(23)26/h1-3,6-7,10-13,17-18H,4-5,8-9H2,(H,22,24)/t17-,18+. The normalized spacial score (nSPS) is 22.2. The van der Waals surface area contributed by atoms with Gasteiger partial charge >= 0.3 is 0 Å². The SMILES string of the molecule is O=C(Nc1ccccc1)c1ccc(N2C(=O)[C@H]3CCCC[C@H]3C2=O)cc1. The third kappa shape index (κ3) is 2.90. The van der Waals surface area contributed by atoms with E-state index >= 15 is 0 Å². The number of anilines is 2. The van der Waals surface area contributed by atoms with Crippen molar-refractivity contribution < 1.29 is 14.4 Å². The fourth-order valence-electron chi connectivity index (χ4n) is 3.90. The zero-order chi connectivity index (χ0) is 18.1. The Hall–Kier alpha value is -2.95. The maximum atomic E-state index is 12.6. The van der Waals surface area contributed by atoms with E-state index < -0.39 is 0 Å². The number of para-hydroxylation sites is 1. The molecule has 3 amide bonds. The Balaban J connectivity index is 1.52. The predicted molar refractivity (Wildman–Crippen MR) is 98.8 cm³/mol. The van der Waals surface area contributed by atoms with Gasteiger partial charge in [-0.3, -0.25) is 19.3 Å². The molecule has 0 unspecified atom stereocenters. The number of rotatable bonds is 3. The van der Waals surface area contributed by atoms with Crippen molar-refractivity contribution in [3.63, 3.8) is 0 Å². The first kappa shape index (κ1) is 16.5. The molecule has 5 heteroatoms. The number of fused-ring (bicyclic) bond motifs is 1. The fraction of sp³-hybridized carbons (Fsp3) is 0.286. The summed E-state index contributed by atoms with van der Waals surface area (Å²) < 4.78 is 0. The molecule has 0 radical (unpaired) electrons. The number of nitrogens with zero attached hydrogens (tertiary/aromatic N) is 1. The van der Waals surface area contributed by atoms with Crippen LogP contribution in [0.3, 0.4) is 0 Å². The van der Waals surface area contributed by atoms with Crippen LogP contribution in [0.1, 0.15) is 36.0 Å². The van der Waals surface area contributed by atoms with E-state index in [4.69, 9.17) is 0 Å². The molecule has 1 aliphatic heterocycles. The molecule has 1 heterocycles. The number of benzene rings is 2. The summed E-state index contributed by atoms with van der Waals surface area (Å²) in [4.78, 5) is 38.9. The van der Waals surface area contributed by atoms with E-state index in [0.717, 1.165) is 31.4 Å². The number of carbonyl (C=O) groups is 3. The summed E-state index contributed by atoms with van der Waals surface area (Å²) in [7, 11) is 0. The molecule has 2 aromatic rings. The lowest BCUT2D eigenvalue weighted by molar-refractivity contribution is -0.122. The van der Waals surface area contributed by atoms with Gasteiger partial charge in [0.05, 0.1) is 17.5 Å². The van der Waals surface area contributed by atoms with Crippen molar-refractivity contribution in [3.8, 4) is 0 Å². The number of hydrogen-bond acceptors (Lipinski definition) is 3. The maximum absolute atomic E-state index is 12.6. The van der Waals surface area contributed by atoms with E-state index in [2.05, 4.69) is 5.32 Å². The van der Waals surface area contributed by atoms with Crippen molar-refractivity contribution >= 4 is 29.1 Å². The van der Waals surface area contributed by atoms with Crippen molar-refractivity contribution in [2.45, 2.75) is 25.7 Å². The second-order valence-corrected chi connectivity index (χ2v) is 6.88. The van der Waals surface area contributed by atoms with E-state index in [0.29, 0.717) is 11.3 Å². The number of imide groups is 1. The molecular weight excluding hydrogens is 328 g/mol. The minimum atomic E-state index is -0.226. The zero-order valence-electron chi connectivity index (χ0n) is 14.4. The average Bonchev–Trinajstić information content (AvgIpc) is 2.94. The van der Waals surface area contributed by atoms with Gasteiger partial charge in [-0.2, -0.15) is 0 Å². The Morgan fingerprint density at radius 3 is 2.00 bits per heavy atom. The first-order valence-corrected chi connectivity index (χ1v) is 8.99. The van der Waals surface area contributed by atoms with Gasteiger partial charge in [0.2, 0.25) is 11.8 Å². The number of carbonyl (C=O) groups excluding carboxylic acids is 3. The second kappa shape index (κ2) is 6.75. The molecule has 2 aromatic carbocycles. The van der Waals surface area contributed by atoms with Crippen molar-refractivity contribution in [3.05, 3.63) is 60.2 Å². The molecule has 1 saturated carbocycles. The molecule has 0 aromatic heterocycles. The summed E-state index contributed by atoms with van der Waals surface area (Å²) in [6.45, 7) is 0. The Labute approximate surface area is 152 Å². The van der Waals surface area contributed by atoms with Gasteiger partial charge in [-0.1, -0.05) is 31.0 Å². The summed E-state index contributed by atoms with van der Waals surface area (Å²) in [6, 6.07) is 15.9. The van der Waals surface area contributed by atoms with Gasteiger partial charge in [-0.15, -0.1) is 0 Å². The summed E-state index contributed by atoms with van der Waals surface area (Å²) in [6.07, 6.45) is 3.60. The number of nitrogens with one attached hydrogen (secondary N) is 1. The third-order valence-electron chi connectivity index (χ3n) is 5.26. The molecule has 0 bridgehead atoms. The molecule has 2 aliphatic rings. The molecule has 4 rings (SSSR count). The molecule has 1 aliphatic carbocycles. The topological polar surface area (TPSA) is 66.5 Å². The minimum absolute atomic E-state index is 0.0961. The van der Waals surface area contributed by atoms with E-state index in [1.54, 1.807) is 24.3 Å². The number of hydrogen-bond donors (Lipinski definition) is 1. The van der Waals surface area contributed by atoms with Gasteiger partial charge in [0.15, 0.2) is 0 Å². The predicted octanol–water partition coefficient (Wildman–Crippen LogP) is 3.62. The lowest BCUT2D eigenvalue weighted by Gasteiger charge is -2.19. The zero-order valence-corrected chi connectivity index (χ0v) is 14.4. The number of amides is 3. The fourth-order valence-corrected chi connectivity index (χ4v) is 3.90. The molecule has 1 saturated heterocycles. The highest BCUT2D eigenvalue weighted by atomic mass is 16.2. The molecule has 2 fully saturated rings. The van der Waals surface area contributed by atoms with Crippen LogP contribution < -0.4 is 10.2 Å². The highest BCUT2D eigenvalue weighted by Gasteiger charge is 2.48. The molecule has 5 nitrogen and oxygen atoms in total. The lowest BCUT2D eigenvalue weighted by Crippen LogP contribution is -2.30. The maximum Gasteiger partial charge on any atom is 0.255 e. The second-order valence-electron chi connectivity index (χ2n) is 6.88. The Kier molecular flexibility index (Phi) is 4.29. The van der Waals surface area contributed by atoms with Crippen molar-refractivity contribution in [1.29, 1.82) is 0 Å². The van der Waals surface area contributed by atoms with Crippen LogP contribution in [0.5, 0.6) is 0 Å². The smallest absolute Gasteiger partial charge is 0.255 e. The monoisotopic (exact) mass is 348 g/mol. The van der Waals surface area contributed by atoms with E-state index in [1.807, 2.05) is 30.3 Å². The van der Waals surface area contributed by atoms with Crippen LogP contribution in [0.4, 0.5) is 11.4 Å². The van der Waals surface area contributed by atoms with Crippen molar-refractivity contribution in [1.82, 2.24) is 0 Å². The van der Waals surface area contributed by atoms with E-state index in [1.165, 1.54) is 4.90 Å². The first-order valence-electron chi connectivity index (χ1n) is 8.99. The van der Waals surface area contributed by atoms with Crippen molar-refractivity contribution in [2.24, 2.45) is 11.8 Å². The van der Waals surface area contributed by atoms with E-state index in [9.17, 15) is 14.4 Å². The van der Waals surface area contributed by atoms with Crippen LogP contribution in [0, 0.1) is 11.8 Å². The molecule has 2 atom stereocenters. The summed E-state index contributed by atoms with van der Waals surface area (Å²) >= 11 is 0. The molecule has 26 heavy (non-hydrogen) atoms. The average molecular weight is 348 g/mol. The Morgan fingerprint density at radius 1 is 0.846 bits per heavy atom. The van der Waals surface area contributed by atoms with Crippen molar-refractivity contribution in [2.75, 3.05) is 10.2 Å². The van der Waals surface area contributed by atoms with Gasteiger partial charge in [-0.25, -0.2) is 0 Å². The first-order chi connectivity index (χ1) is 12.6.